The number of pyridine rings is 1. The van der Waals surface area contributed by atoms with Crippen molar-refractivity contribution in [3.8, 4) is 11.1 Å². The first kappa shape index (κ1) is 12.8. The molecule has 6 heteroatoms. The topological polar surface area (TPSA) is 12.9 Å². The van der Waals surface area contributed by atoms with Crippen LogP contribution in [0.25, 0.3) is 11.1 Å². The van der Waals surface area contributed by atoms with E-state index in [4.69, 9.17) is 11.6 Å². The zero-order valence-corrected chi connectivity index (χ0v) is 9.56. The number of hydrogen-bond donors (Lipinski definition) is 0. The molecule has 0 amide bonds. The molecule has 0 bridgehead atoms. The van der Waals surface area contributed by atoms with E-state index in [2.05, 4.69) is 4.98 Å². The Hall–Kier alpha value is -1.62. The van der Waals surface area contributed by atoms with Crippen molar-refractivity contribution in [3.63, 3.8) is 0 Å². The van der Waals surface area contributed by atoms with Crippen LogP contribution in [-0.4, -0.2) is 4.98 Å². The van der Waals surface area contributed by atoms with Crippen LogP contribution in [-0.2, 0) is 6.18 Å². The predicted molar refractivity (Wildman–Crippen MR) is 59.6 cm³/mol. The fourth-order valence-electron chi connectivity index (χ4n) is 1.62. The first-order valence-corrected chi connectivity index (χ1v) is 5.24. The minimum absolute atomic E-state index is 0.160. The van der Waals surface area contributed by atoms with Gasteiger partial charge in [0, 0.05) is 11.8 Å². The highest BCUT2D eigenvalue weighted by Crippen LogP contribution is 2.39. The van der Waals surface area contributed by atoms with E-state index in [0.29, 0.717) is 0 Å². The minimum atomic E-state index is -4.57. The summed E-state index contributed by atoms with van der Waals surface area (Å²) in [5.41, 5.74) is -1.52. The molecule has 2 aromatic rings. The van der Waals surface area contributed by atoms with Gasteiger partial charge < -0.3 is 0 Å². The Morgan fingerprint density at radius 1 is 1.06 bits per heavy atom. The number of benzene rings is 1. The van der Waals surface area contributed by atoms with Gasteiger partial charge in [-0.2, -0.15) is 13.2 Å². The Balaban J connectivity index is 2.73. The monoisotopic (exact) mass is 275 g/mol. The third kappa shape index (κ3) is 2.31. The number of halogens is 5. The van der Waals surface area contributed by atoms with Gasteiger partial charge in [0.15, 0.2) is 5.82 Å². The zero-order chi connectivity index (χ0) is 13.3. The maximum atomic E-state index is 13.6. The van der Waals surface area contributed by atoms with Gasteiger partial charge in [0.1, 0.15) is 0 Å². The SMILES string of the molecule is Fc1cncc(Cl)c1-c1ccccc1C(F)(F)F. The molecule has 18 heavy (non-hydrogen) atoms. The lowest BCUT2D eigenvalue weighted by molar-refractivity contribution is -0.137. The number of aromatic nitrogens is 1. The van der Waals surface area contributed by atoms with Gasteiger partial charge >= 0.3 is 6.18 Å². The number of nitrogens with zero attached hydrogens (tertiary/aromatic N) is 1. The Kier molecular flexibility index (Phi) is 3.26. The second kappa shape index (κ2) is 4.57. The summed E-state index contributed by atoms with van der Waals surface area (Å²) in [6.45, 7) is 0. The molecule has 0 N–H and O–H groups in total. The lowest BCUT2D eigenvalue weighted by atomic mass is 10.00. The average Bonchev–Trinajstić information content (AvgIpc) is 2.28. The third-order valence-corrected chi connectivity index (χ3v) is 2.64. The highest BCUT2D eigenvalue weighted by Gasteiger charge is 2.34. The van der Waals surface area contributed by atoms with E-state index in [1.165, 1.54) is 18.2 Å². The first-order valence-electron chi connectivity index (χ1n) is 4.87. The Labute approximate surface area is 105 Å². The largest absolute Gasteiger partial charge is 0.417 e. The van der Waals surface area contributed by atoms with E-state index in [1.54, 1.807) is 0 Å². The van der Waals surface area contributed by atoms with Crippen molar-refractivity contribution in [1.82, 2.24) is 4.98 Å². The van der Waals surface area contributed by atoms with Crippen molar-refractivity contribution in [1.29, 1.82) is 0 Å². The van der Waals surface area contributed by atoms with Crippen molar-refractivity contribution in [3.05, 3.63) is 53.1 Å². The van der Waals surface area contributed by atoms with Crippen molar-refractivity contribution in [2.45, 2.75) is 6.18 Å². The van der Waals surface area contributed by atoms with E-state index in [9.17, 15) is 17.6 Å². The molecule has 0 atom stereocenters. The molecule has 1 nitrogen and oxygen atoms in total. The summed E-state index contributed by atoms with van der Waals surface area (Å²) in [6.07, 6.45) is -2.64. The van der Waals surface area contributed by atoms with E-state index in [-0.39, 0.29) is 16.1 Å². The second-order valence-electron chi connectivity index (χ2n) is 3.52. The molecule has 1 heterocycles. The summed E-state index contributed by atoms with van der Waals surface area (Å²) in [5, 5.41) is -0.160. The smallest absolute Gasteiger partial charge is 0.260 e. The molecular formula is C12H6ClF4N. The molecule has 1 aromatic carbocycles. The van der Waals surface area contributed by atoms with Crippen molar-refractivity contribution < 1.29 is 17.6 Å². The van der Waals surface area contributed by atoms with E-state index < -0.39 is 17.6 Å². The molecule has 0 radical (unpaired) electrons. The molecule has 0 saturated heterocycles. The Bertz CT molecular complexity index is 560. The number of rotatable bonds is 1. The van der Waals surface area contributed by atoms with Gasteiger partial charge in [-0.1, -0.05) is 29.8 Å². The molecule has 0 aliphatic rings. The average molecular weight is 276 g/mol. The summed E-state index contributed by atoms with van der Waals surface area (Å²) in [5.74, 6) is -0.890. The van der Waals surface area contributed by atoms with Crippen LogP contribution < -0.4 is 0 Å². The molecule has 94 valence electrons. The fourth-order valence-corrected chi connectivity index (χ4v) is 1.87. The van der Waals surface area contributed by atoms with Gasteiger partial charge in [-0.05, 0) is 11.6 Å². The molecule has 0 fully saturated rings. The van der Waals surface area contributed by atoms with Crippen LogP contribution in [0, 0.1) is 5.82 Å². The molecule has 0 saturated carbocycles. The summed E-state index contributed by atoms with van der Waals surface area (Å²) in [4.78, 5) is 3.47. The lowest BCUT2D eigenvalue weighted by Gasteiger charge is -2.13. The van der Waals surface area contributed by atoms with Crippen LogP contribution in [0.5, 0.6) is 0 Å². The van der Waals surface area contributed by atoms with Crippen LogP contribution in [0.15, 0.2) is 36.7 Å². The second-order valence-corrected chi connectivity index (χ2v) is 3.93. The molecule has 1 aromatic heterocycles. The van der Waals surface area contributed by atoms with Gasteiger partial charge in [0.05, 0.1) is 16.8 Å². The normalized spacial score (nSPS) is 11.6. The maximum absolute atomic E-state index is 13.6. The van der Waals surface area contributed by atoms with E-state index in [0.717, 1.165) is 18.5 Å². The van der Waals surface area contributed by atoms with Gasteiger partial charge in [-0.25, -0.2) is 4.39 Å². The highest BCUT2D eigenvalue weighted by molar-refractivity contribution is 6.33. The van der Waals surface area contributed by atoms with E-state index in [1.807, 2.05) is 0 Å². The van der Waals surface area contributed by atoms with Gasteiger partial charge in [0.2, 0.25) is 0 Å². The van der Waals surface area contributed by atoms with Crippen LogP contribution in [0.3, 0.4) is 0 Å². The molecule has 0 aliphatic carbocycles. The van der Waals surface area contributed by atoms with Crippen LogP contribution in [0.2, 0.25) is 5.02 Å². The quantitative estimate of drug-likeness (QED) is 0.695. The summed E-state index contributed by atoms with van der Waals surface area (Å²) < 4.78 is 52.0. The summed E-state index contributed by atoms with van der Waals surface area (Å²) in [6, 6.07) is 4.68. The minimum Gasteiger partial charge on any atom is -0.260 e. The molecule has 0 unspecified atom stereocenters. The number of alkyl halides is 3. The van der Waals surface area contributed by atoms with Crippen molar-refractivity contribution in [2.24, 2.45) is 0 Å². The lowest BCUT2D eigenvalue weighted by Crippen LogP contribution is -2.07. The van der Waals surface area contributed by atoms with Crippen LogP contribution in [0.4, 0.5) is 17.6 Å². The van der Waals surface area contributed by atoms with Gasteiger partial charge in [0.25, 0.3) is 0 Å². The summed E-state index contributed by atoms with van der Waals surface area (Å²) >= 11 is 5.72. The maximum Gasteiger partial charge on any atom is 0.417 e. The zero-order valence-electron chi connectivity index (χ0n) is 8.80. The van der Waals surface area contributed by atoms with Crippen LogP contribution >= 0.6 is 11.6 Å². The Morgan fingerprint density at radius 3 is 2.33 bits per heavy atom. The standard InChI is InChI=1S/C12H6ClF4N/c13-9-5-18-6-10(14)11(9)7-3-1-2-4-8(7)12(15,16)17/h1-6H. The molecule has 0 aliphatic heterocycles. The van der Waals surface area contributed by atoms with Gasteiger partial charge in [-0.3, -0.25) is 4.98 Å². The third-order valence-electron chi connectivity index (χ3n) is 2.36. The highest BCUT2D eigenvalue weighted by atomic mass is 35.5. The Morgan fingerprint density at radius 2 is 1.72 bits per heavy atom. The number of hydrogen-bond acceptors (Lipinski definition) is 1. The fraction of sp³-hybridized carbons (Fsp3) is 0.0833. The van der Waals surface area contributed by atoms with Crippen molar-refractivity contribution in [2.75, 3.05) is 0 Å². The van der Waals surface area contributed by atoms with E-state index >= 15 is 0 Å². The molecule has 0 spiro atoms. The summed E-state index contributed by atoms with van der Waals surface area (Å²) in [7, 11) is 0. The van der Waals surface area contributed by atoms with Crippen molar-refractivity contribution >= 4 is 11.6 Å². The first-order chi connectivity index (χ1) is 8.41. The molecule has 2 rings (SSSR count). The van der Waals surface area contributed by atoms with Crippen LogP contribution in [0.1, 0.15) is 5.56 Å². The van der Waals surface area contributed by atoms with Gasteiger partial charge in [-0.15, -0.1) is 0 Å². The predicted octanol–water partition coefficient (Wildman–Crippen LogP) is 4.56. The molecular weight excluding hydrogens is 270 g/mol.